The number of amides is 1. The fourth-order valence-corrected chi connectivity index (χ4v) is 4.02. The number of alkyl halides is 6. The second-order valence-corrected chi connectivity index (χ2v) is 8.62. The second-order valence-electron chi connectivity index (χ2n) is 8.62. The zero-order chi connectivity index (χ0) is 29.1. The second kappa shape index (κ2) is 11.4. The van der Waals surface area contributed by atoms with Gasteiger partial charge in [-0.3, -0.25) is 9.59 Å². The minimum atomic E-state index is -5.23. The number of fused-ring (bicyclic) bond motifs is 1. The van der Waals surface area contributed by atoms with Crippen LogP contribution in [-0.2, 0) is 33.5 Å². The number of cyclic esters (lactones) is 1. The Bertz CT molecular complexity index is 1330. The van der Waals surface area contributed by atoms with Crippen LogP contribution in [0.25, 0.3) is 0 Å². The Kier molecular flexibility index (Phi) is 8.61. The van der Waals surface area contributed by atoms with Gasteiger partial charge in [0.2, 0.25) is 0 Å². The Hall–Kier alpha value is -4.03. The average Bonchev–Trinajstić information content (AvgIpc) is 3.24. The predicted molar refractivity (Wildman–Crippen MR) is 125 cm³/mol. The van der Waals surface area contributed by atoms with Crippen LogP contribution in [0, 0.1) is 6.92 Å². The molecule has 0 fully saturated rings. The fraction of sp³-hybridized carbons (Fsp3) is 0.346. The van der Waals surface area contributed by atoms with Gasteiger partial charge < -0.3 is 19.5 Å². The van der Waals surface area contributed by atoms with Crippen LogP contribution < -0.4 is 14.8 Å². The van der Waals surface area contributed by atoms with E-state index in [0.717, 1.165) is 18.2 Å². The van der Waals surface area contributed by atoms with Gasteiger partial charge in [0.15, 0.2) is 0 Å². The molecule has 0 bridgehead atoms. The van der Waals surface area contributed by atoms with Crippen LogP contribution in [0.1, 0.15) is 52.4 Å². The highest BCUT2D eigenvalue weighted by Crippen LogP contribution is 2.42. The lowest BCUT2D eigenvalue weighted by Crippen LogP contribution is -2.31. The number of esters is 2. The highest BCUT2D eigenvalue weighted by Gasteiger charge is 2.41. The highest BCUT2D eigenvalue weighted by atomic mass is 19.4. The number of allylic oxidation sites excluding steroid dienone is 2. The molecule has 0 saturated heterocycles. The maximum Gasteiger partial charge on any atom is 0.471 e. The van der Waals surface area contributed by atoms with Crippen LogP contribution >= 0.6 is 0 Å². The van der Waals surface area contributed by atoms with Gasteiger partial charge in [-0.1, -0.05) is 23.8 Å². The SMILES string of the molecule is COc1c(C)c2c(c(NC(=O)C(F)(F)F)c1CC=C(C)CCC(=O)Oc1ccccc1C(F)(F)F)C(=O)OC2. The van der Waals surface area contributed by atoms with Crippen LogP contribution in [-0.4, -0.2) is 31.1 Å². The number of benzene rings is 2. The maximum atomic E-state index is 13.1. The van der Waals surface area contributed by atoms with Crippen LogP contribution in [0.4, 0.5) is 32.0 Å². The van der Waals surface area contributed by atoms with E-state index in [4.69, 9.17) is 14.2 Å². The molecule has 1 N–H and O–H groups in total. The lowest BCUT2D eigenvalue weighted by Gasteiger charge is -2.20. The minimum absolute atomic E-state index is 0.0472. The Balaban J connectivity index is 1.83. The van der Waals surface area contributed by atoms with Crippen molar-refractivity contribution in [3.8, 4) is 11.5 Å². The number of rotatable bonds is 8. The Morgan fingerprint density at radius 1 is 1.10 bits per heavy atom. The van der Waals surface area contributed by atoms with E-state index in [0.29, 0.717) is 11.1 Å². The molecule has 3 rings (SSSR count). The third kappa shape index (κ3) is 6.70. The van der Waals surface area contributed by atoms with E-state index in [1.807, 2.05) is 0 Å². The summed E-state index contributed by atoms with van der Waals surface area (Å²) in [5.74, 6) is -4.62. The zero-order valence-corrected chi connectivity index (χ0v) is 20.9. The number of anilines is 1. The van der Waals surface area contributed by atoms with Gasteiger partial charge in [0, 0.05) is 17.5 Å². The third-order valence-electron chi connectivity index (χ3n) is 5.97. The molecule has 7 nitrogen and oxygen atoms in total. The van der Waals surface area contributed by atoms with E-state index in [1.165, 1.54) is 19.3 Å². The molecular weight excluding hydrogens is 536 g/mol. The molecular formula is C26H23F6NO6. The van der Waals surface area contributed by atoms with Gasteiger partial charge in [-0.25, -0.2) is 4.79 Å². The third-order valence-corrected chi connectivity index (χ3v) is 5.97. The van der Waals surface area contributed by atoms with Crippen molar-refractivity contribution in [3.63, 3.8) is 0 Å². The molecule has 2 aromatic carbocycles. The molecule has 13 heteroatoms. The van der Waals surface area contributed by atoms with Crippen molar-refractivity contribution in [3.05, 3.63) is 63.7 Å². The summed E-state index contributed by atoms with van der Waals surface area (Å²) in [5.41, 5.74) is -0.379. The first-order valence-corrected chi connectivity index (χ1v) is 11.4. The first kappa shape index (κ1) is 29.5. The van der Waals surface area contributed by atoms with Crippen molar-refractivity contribution < 1.29 is 54.9 Å². The number of para-hydroxylation sites is 1. The summed E-state index contributed by atoms with van der Waals surface area (Å²) in [5, 5.41) is 1.76. The number of carbonyl (C=O) groups excluding carboxylic acids is 3. The normalized spacial score (nSPS) is 13.6. The van der Waals surface area contributed by atoms with Gasteiger partial charge >= 0.3 is 30.2 Å². The maximum absolute atomic E-state index is 13.1. The summed E-state index contributed by atoms with van der Waals surface area (Å²) in [6.45, 7) is 2.97. The van der Waals surface area contributed by atoms with Crippen molar-refractivity contribution in [2.24, 2.45) is 0 Å². The summed E-state index contributed by atoms with van der Waals surface area (Å²) in [6.07, 6.45) is -8.78. The largest absolute Gasteiger partial charge is 0.496 e. The molecule has 1 heterocycles. The average molecular weight is 559 g/mol. The van der Waals surface area contributed by atoms with E-state index in [-0.39, 0.29) is 48.3 Å². The lowest BCUT2D eigenvalue weighted by molar-refractivity contribution is -0.167. The van der Waals surface area contributed by atoms with E-state index in [2.05, 4.69) is 0 Å². The van der Waals surface area contributed by atoms with Gasteiger partial charge in [-0.15, -0.1) is 0 Å². The Labute approximate surface area is 218 Å². The number of hydrogen-bond donors (Lipinski definition) is 1. The topological polar surface area (TPSA) is 90.9 Å². The van der Waals surface area contributed by atoms with E-state index in [1.54, 1.807) is 19.2 Å². The summed E-state index contributed by atoms with van der Waals surface area (Å²) in [4.78, 5) is 36.3. The van der Waals surface area contributed by atoms with Gasteiger partial charge in [0.1, 0.15) is 18.1 Å². The monoisotopic (exact) mass is 559 g/mol. The van der Waals surface area contributed by atoms with Crippen molar-refractivity contribution >= 4 is 23.5 Å². The van der Waals surface area contributed by atoms with Crippen molar-refractivity contribution in [1.29, 1.82) is 0 Å². The minimum Gasteiger partial charge on any atom is -0.496 e. The fourth-order valence-electron chi connectivity index (χ4n) is 4.02. The number of halogens is 6. The first-order valence-electron chi connectivity index (χ1n) is 11.4. The van der Waals surface area contributed by atoms with E-state index < -0.39 is 47.2 Å². The lowest BCUT2D eigenvalue weighted by atomic mass is 9.93. The molecule has 0 atom stereocenters. The van der Waals surface area contributed by atoms with Crippen LogP contribution in [0.2, 0.25) is 0 Å². The van der Waals surface area contributed by atoms with Gasteiger partial charge in [-0.05, 0) is 44.4 Å². The smallest absolute Gasteiger partial charge is 0.471 e. The molecule has 0 radical (unpaired) electrons. The van der Waals surface area contributed by atoms with Crippen LogP contribution in [0.5, 0.6) is 11.5 Å². The molecule has 39 heavy (non-hydrogen) atoms. The van der Waals surface area contributed by atoms with Crippen molar-refractivity contribution in [2.75, 3.05) is 12.4 Å². The van der Waals surface area contributed by atoms with Gasteiger partial charge in [0.25, 0.3) is 0 Å². The molecule has 1 aliphatic heterocycles. The first-order chi connectivity index (χ1) is 18.1. The summed E-state index contributed by atoms with van der Waals surface area (Å²) >= 11 is 0. The van der Waals surface area contributed by atoms with Crippen LogP contribution in [0.3, 0.4) is 0 Å². The molecule has 0 aliphatic carbocycles. The molecule has 210 valence electrons. The molecule has 0 spiro atoms. The molecule has 0 saturated carbocycles. The number of hydrogen-bond acceptors (Lipinski definition) is 6. The summed E-state index contributed by atoms with van der Waals surface area (Å²) in [6, 6.07) is 4.26. The Morgan fingerprint density at radius 3 is 2.38 bits per heavy atom. The molecule has 1 amide bonds. The number of ether oxygens (including phenoxy) is 3. The molecule has 1 aliphatic rings. The number of nitrogens with one attached hydrogen (secondary N) is 1. The van der Waals surface area contributed by atoms with Crippen LogP contribution in [0.15, 0.2) is 35.9 Å². The van der Waals surface area contributed by atoms with Crippen molar-refractivity contribution in [2.45, 2.75) is 52.1 Å². The molecule has 0 unspecified atom stereocenters. The Morgan fingerprint density at radius 2 is 1.77 bits per heavy atom. The van der Waals surface area contributed by atoms with E-state index in [9.17, 15) is 40.7 Å². The predicted octanol–water partition coefficient (Wildman–Crippen LogP) is 6.07. The van der Waals surface area contributed by atoms with Crippen molar-refractivity contribution in [1.82, 2.24) is 0 Å². The number of methoxy groups -OCH3 is 1. The molecule has 0 aromatic heterocycles. The van der Waals surface area contributed by atoms with E-state index >= 15 is 0 Å². The van der Waals surface area contributed by atoms with Gasteiger partial charge in [0.05, 0.1) is 23.9 Å². The quantitative estimate of drug-likeness (QED) is 0.183. The highest BCUT2D eigenvalue weighted by molar-refractivity contribution is 6.07. The van der Waals surface area contributed by atoms with Gasteiger partial charge in [-0.2, -0.15) is 26.3 Å². The zero-order valence-electron chi connectivity index (χ0n) is 20.9. The number of carbonyl (C=O) groups is 3. The standard InChI is InChI=1S/C26H23F6NO6/c1-13(9-11-19(34)39-18-7-5-4-6-17(18)25(27,28)29)8-10-15-21(33-24(36)26(30,31)32)20-16(12-38-23(20)35)14(2)22(15)37-3/h4-8H,9-12H2,1-3H3,(H,33,36). The summed E-state index contributed by atoms with van der Waals surface area (Å²) in [7, 11) is 1.27. The summed E-state index contributed by atoms with van der Waals surface area (Å²) < 4.78 is 93.7. The molecule has 2 aromatic rings.